The van der Waals surface area contributed by atoms with Crippen LogP contribution in [0.4, 0.5) is 0 Å². The van der Waals surface area contributed by atoms with E-state index >= 15 is 0 Å². The fraction of sp³-hybridized carbons (Fsp3) is 0.462. The standard InChI is InChI=1S/C13H15Cl2NO4S/c1-2-13(12(17)18)6-3-7-16(13)21(19,20)11-8-9(14)4-5-10(11)15/h4-5,8H,2-3,6-7H2,1H3,(H,17,18). The predicted molar refractivity (Wildman–Crippen MR) is 80.2 cm³/mol. The van der Waals surface area contributed by atoms with E-state index in [1.165, 1.54) is 18.2 Å². The number of hydrogen-bond donors (Lipinski definition) is 1. The number of aliphatic carboxylic acids is 1. The van der Waals surface area contributed by atoms with Gasteiger partial charge in [-0.2, -0.15) is 4.31 Å². The van der Waals surface area contributed by atoms with Gasteiger partial charge >= 0.3 is 5.97 Å². The van der Waals surface area contributed by atoms with Gasteiger partial charge in [-0.05, 0) is 37.5 Å². The van der Waals surface area contributed by atoms with Crippen LogP contribution in [-0.2, 0) is 14.8 Å². The molecule has 1 aromatic rings. The number of carboxylic acids is 1. The summed E-state index contributed by atoms with van der Waals surface area (Å²) < 4.78 is 26.7. The molecule has 21 heavy (non-hydrogen) atoms. The molecule has 0 amide bonds. The van der Waals surface area contributed by atoms with Crippen LogP contribution in [0.1, 0.15) is 26.2 Å². The largest absolute Gasteiger partial charge is 0.480 e. The molecule has 1 unspecified atom stereocenters. The third kappa shape index (κ3) is 2.65. The average Bonchev–Trinajstić information content (AvgIpc) is 2.87. The van der Waals surface area contributed by atoms with E-state index in [0.717, 1.165) is 4.31 Å². The highest BCUT2D eigenvalue weighted by atomic mass is 35.5. The van der Waals surface area contributed by atoms with Gasteiger partial charge in [0, 0.05) is 11.6 Å². The fourth-order valence-corrected chi connectivity index (χ4v) is 5.32. The Labute approximate surface area is 133 Å². The molecule has 1 atom stereocenters. The summed E-state index contributed by atoms with van der Waals surface area (Å²) in [6, 6.07) is 4.12. The lowest BCUT2D eigenvalue weighted by molar-refractivity contribution is -0.147. The molecular weight excluding hydrogens is 337 g/mol. The van der Waals surface area contributed by atoms with Crippen molar-refractivity contribution in [2.75, 3.05) is 6.54 Å². The van der Waals surface area contributed by atoms with Crippen molar-refractivity contribution in [1.29, 1.82) is 0 Å². The molecule has 0 radical (unpaired) electrons. The van der Waals surface area contributed by atoms with Gasteiger partial charge in [0.1, 0.15) is 10.4 Å². The van der Waals surface area contributed by atoms with E-state index in [2.05, 4.69) is 0 Å². The molecule has 1 aliphatic heterocycles. The number of carbonyl (C=O) groups is 1. The second-order valence-electron chi connectivity index (χ2n) is 4.95. The molecule has 5 nitrogen and oxygen atoms in total. The molecule has 2 rings (SSSR count). The molecule has 8 heteroatoms. The van der Waals surface area contributed by atoms with Crippen molar-refractivity contribution in [1.82, 2.24) is 4.31 Å². The van der Waals surface area contributed by atoms with Crippen molar-refractivity contribution >= 4 is 39.2 Å². The maximum atomic E-state index is 12.8. The first-order chi connectivity index (χ1) is 9.75. The van der Waals surface area contributed by atoms with Crippen LogP contribution in [0.2, 0.25) is 10.0 Å². The summed E-state index contributed by atoms with van der Waals surface area (Å²) in [7, 11) is -4.02. The van der Waals surface area contributed by atoms with Gasteiger partial charge < -0.3 is 5.11 Å². The maximum Gasteiger partial charge on any atom is 0.325 e. The quantitative estimate of drug-likeness (QED) is 0.904. The summed E-state index contributed by atoms with van der Waals surface area (Å²) in [4.78, 5) is 11.5. The highest BCUT2D eigenvalue weighted by molar-refractivity contribution is 7.89. The molecule has 0 saturated carbocycles. The molecule has 1 N–H and O–H groups in total. The summed E-state index contributed by atoms with van der Waals surface area (Å²) in [5, 5.41) is 9.76. The van der Waals surface area contributed by atoms with Gasteiger partial charge in [0.15, 0.2) is 0 Å². The molecule has 1 heterocycles. The Morgan fingerprint density at radius 2 is 2.10 bits per heavy atom. The SMILES string of the molecule is CCC1(C(=O)O)CCCN1S(=O)(=O)c1cc(Cl)ccc1Cl. The number of halogens is 2. The molecule has 0 aliphatic carbocycles. The Hall–Kier alpha value is -0.820. The Morgan fingerprint density at radius 3 is 2.67 bits per heavy atom. The number of rotatable bonds is 4. The molecule has 1 saturated heterocycles. The molecule has 0 bridgehead atoms. The topological polar surface area (TPSA) is 74.7 Å². The Bertz CT molecular complexity index is 677. The summed E-state index contributed by atoms with van der Waals surface area (Å²) in [5.41, 5.74) is -1.41. The Morgan fingerprint density at radius 1 is 1.43 bits per heavy atom. The fourth-order valence-electron chi connectivity index (χ4n) is 2.72. The van der Waals surface area contributed by atoms with Gasteiger partial charge in [0.25, 0.3) is 0 Å². The summed E-state index contributed by atoms with van der Waals surface area (Å²) in [6.07, 6.45) is 0.980. The summed E-state index contributed by atoms with van der Waals surface area (Å²) in [5.74, 6) is -1.13. The van der Waals surface area contributed by atoms with E-state index in [-0.39, 0.29) is 34.3 Å². The number of carboxylic acid groups (broad SMARTS) is 1. The summed E-state index contributed by atoms with van der Waals surface area (Å²) in [6.45, 7) is 1.83. The van der Waals surface area contributed by atoms with Crippen molar-refractivity contribution in [3.8, 4) is 0 Å². The van der Waals surface area contributed by atoms with Crippen molar-refractivity contribution in [3.63, 3.8) is 0 Å². The summed E-state index contributed by atoms with van der Waals surface area (Å²) >= 11 is 11.8. The van der Waals surface area contributed by atoms with Crippen molar-refractivity contribution in [2.45, 2.75) is 36.6 Å². The van der Waals surface area contributed by atoms with E-state index in [9.17, 15) is 18.3 Å². The van der Waals surface area contributed by atoms with Crippen molar-refractivity contribution in [3.05, 3.63) is 28.2 Å². The van der Waals surface area contributed by atoms with Crippen molar-refractivity contribution < 1.29 is 18.3 Å². The third-order valence-corrected chi connectivity index (χ3v) is 6.56. The molecule has 1 aromatic carbocycles. The van der Waals surface area contributed by atoms with Crippen LogP contribution in [-0.4, -0.2) is 35.9 Å². The number of benzene rings is 1. The monoisotopic (exact) mass is 351 g/mol. The van der Waals surface area contributed by atoms with Gasteiger partial charge in [-0.1, -0.05) is 30.1 Å². The Balaban J connectivity index is 2.58. The second kappa shape index (κ2) is 5.76. The smallest absolute Gasteiger partial charge is 0.325 e. The third-order valence-electron chi connectivity index (χ3n) is 3.87. The lowest BCUT2D eigenvalue weighted by atomic mass is 9.95. The predicted octanol–water partition coefficient (Wildman–Crippen LogP) is 3.01. The highest BCUT2D eigenvalue weighted by Gasteiger charge is 2.52. The average molecular weight is 352 g/mol. The molecule has 1 aliphatic rings. The lowest BCUT2D eigenvalue weighted by Crippen LogP contribution is -2.52. The van der Waals surface area contributed by atoms with Crippen LogP contribution >= 0.6 is 23.2 Å². The van der Waals surface area contributed by atoms with Crippen LogP contribution < -0.4 is 0 Å². The minimum atomic E-state index is -4.02. The van der Waals surface area contributed by atoms with E-state index in [4.69, 9.17) is 23.2 Å². The van der Waals surface area contributed by atoms with Crippen LogP contribution in [0.5, 0.6) is 0 Å². The van der Waals surface area contributed by atoms with Crippen LogP contribution in [0, 0.1) is 0 Å². The van der Waals surface area contributed by atoms with Crippen LogP contribution in [0.15, 0.2) is 23.1 Å². The number of sulfonamides is 1. The molecule has 116 valence electrons. The maximum absolute atomic E-state index is 12.8. The van der Waals surface area contributed by atoms with Gasteiger partial charge in [-0.3, -0.25) is 4.79 Å². The van der Waals surface area contributed by atoms with Gasteiger partial charge in [-0.25, -0.2) is 8.42 Å². The number of hydrogen-bond acceptors (Lipinski definition) is 3. The second-order valence-corrected chi connectivity index (χ2v) is 7.62. The first-order valence-electron chi connectivity index (χ1n) is 6.47. The van der Waals surface area contributed by atoms with E-state index in [1.54, 1.807) is 6.92 Å². The van der Waals surface area contributed by atoms with Gasteiger partial charge in [-0.15, -0.1) is 0 Å². The number of nitrogens with zero attached hydrogens (tertiary/aromatic N) is 1. The first kappa shape index (κ1) is 16.5. The molecular formula is C13H15Cl2NO4S. The first-order valence-corrected chi connectivity index (χ1v) is 8.66. The molecule has 0 spiro atoms. The molecule has 1 fully saturated rings. The van der Waals surface area contributed by atoms with E-state index in [1.807, 2.05) is 0 Å². The van der Waals surface area contributed by atoms with Gasteiger partial charge in [0.05, 0.1) is 5.02 Å². The lowest BCUT2D eigenvalue weighted by Gasteiger charge is -2.33. The highest BCUT2D eigenvalue weighted by Crippen LogP contribution is 2.39. The minimum absolute atomic E-state index is 0.0293. The zero-order valence-electron chi connectivity index (χ0n) is 11.3. The van der Waals surface area contributed by atoms with Crippen LogP contribution in [0.25, 0.3) is 0 Å². The van der Waals surface area contributed by atoms with Gasteiger partial charge in [0.2, 0.25) is 10.0 Å². The van der Waals surface area contributed by atoms with E-state index < -0.39 is 21.5 Å². The zero-order chi connectivity index (χ0) is 15.8. The van der Waals surface area contributed by atoms with Crippen molar-refractivity contribution in [2.24, 2.45) is 0 Å². The van der Waals surface area contributed by atoms with E-state index in [0.29, 0.717) is 6.42 Å². The molecule has 0 aromatic heterocycles. The zero-order valence-corrected chi connectivity index (χ0v) is 13.7. The normalized spacial score (nSPS) is 23.4. The van der Waals surface area contributed by atoms with Crippen LogP contribution in [0.3, 0.4) is 0 Å². The minimum Gasteiger partial charge on any atom is -0.480 e. The Kier molecular flexibility index (Phi) is 4.54.